The van der Waals surface area contributed by atoms with Gasteiger partial charge in [-0.15, -0.1) is 0 Å². The number of nitrogens with zero attached hydrogens (tertiary/aromatic N) is 3. The van der Waals surface area contributed by atoms with Crippen molar-refractivity contribution in [2.45, 2.75) is 50.4 Å². The Hall–Kier alpha value is -5.87. The van der Waals surface area contributed by atoms with Gasteiger partial charge in [0.15, 0.2) is 17.5 Å². The van der Waals surface area contributed by atoms with Crippen LogP contribution >= 0.6 is 0 Å². The molecule has 51 heavy (non-hydrogen) atoms. The largest absolute Gasteiger partial charge is 0.457 e. The van der Waals surface area contributed by atoms with Gasteiger partial charge in [0.2, 0.25) is 0 Å². The average molecular weight is 660 g/mol. The average Bonchev–Trinajstić information content (AvgIpc) is 3.55. The highest BCUT2D eigenvalue weighted by atomic mass is 16.5. The van der Waals surface area contributed by atoms with Crippen LogP contribution in [0.5, 0.6) is 11.5 Å². The second-order valence-corrected chi connectivity index (χ2v) is 15.5. The molecule has 0 unspecified atom stereocenters. The minimum absolute atomic E-state index is 0.0672. The number of para-hydroxylation sites is 2. The molecule has 0 amide bonds. The van der Waals surface area contributed by atoms with Gasteiger partial charge >= 0.3 is 0 Å². The molecule has 0 N–H and O–H groups in total. The number of ether oxygens (including phenoxy) is 1. The van der Waals surface area contributed by atoms with E-state index in [2.05, 4.69) is 149 Å². The highest BCUT2D eigenvalue weighted by Crippen LogP contribution is 2.62. The molecule has 10 rings (SSSR count). The van der Waals surface area contributed by atoms with Gasteiger partial charge in [-0.1, -0.05) is 143 Å². The van der Waals surface area contributed by atoms with Crippen molar-refractivity contribution in [3.8, 4) is 56.8 Å². The smallest absolute Gasteiger partial charge is 0.164 e. The lowest BCUT2D eigenvalue weighted by Crippen LogP contribution is -2.32. The summed E-state index contributed by atoms with van der Waals surface area (Å²) in [6.45, 7) is 9.40. The van der Waals surface area contributed by atoms with Gasteiger partial charge in [-0.2, -0.15) is 0 Å². The zero-order valence-corrected chi connectivity index (χ0v) is 29.2. The fraction of sp³-hybridized carbons (Fsp3) is 0.170. The van der Waals surface area contributed by atoms with Crippen LogP contribution < -0.4 is 4.74 Å². The van der Waals surface area contributed by atoms with Crippen LogP contribution in [0.3, 0.4) is 0 Å². The minimum atomic E-state index is -0.514. The Bertz CT molecular complexity index is 2500. The molecule has 0 saturated carbocycles. The third kappa shape index (κ3) is 4.29. The number of hydrogen-bond donors (Lipinski definition) is 0. The maximum absolute atomic E-state index is 6.52. The van der Waals surface area contributed by atoms with E-state index in [1.165, 1.54) is 33.4 Å². The van der Waals surface area contributed by atoms with E-state index in [0.717, 1.165) is 45.7 Å². The quantitative estimate of drug-likeness (QED) is 0.189. The summed E-state index contributed by atoms with van der Waals surface area (Å²) in [6.07, 6.45) is 1.11. The van der Waals surface area contributed by atoms with E-state index in [0.29, 0.717) is 17.5 Å². The Kier molecular flexibility index (Phi) is 6.22. The van der Waals surface area contributed by atoms with Gasteiger partial charge in [0.1, 0.15) is 11.5 Å². The maximum atomic E-state index is 6.52. The number of hydrogen-bond acceptors (Lipinski definition) is 4. The van der Waals surface area contributed by atoms with Gasteiger partial charge in [0.25, 0.3) is 0 Å². The van der Waals surface area contributed by atoms with Crippen LogP contribution in [0.2, 0.25) is 0 Å². The summed E-state index contributed by atoms with van der Waals surface area (Å²) in [5, 5.41) is 0. The third-order valence-electron chi connectivity index (χ3n) is 11.4. The van der Waals surface area contributed by atoms with Crippen LogP contribution in [0, 0.1) is 0 Å². The molecule has 0 saturated heterocycles. The summed E-state index contributed by atoms with van der Waals surface area (Å²) in [5.41, 5.74) is 12.6. The van der Waals surface area contributed by atoms with Gasteiger partial charge in [0, 0.05) is 27.8 Å². The first-order valence-electron chi connectivity index (χ1n) is 17.8. The molecule has 6 aromatic carbocycles. The van der Waals surface area contributed by atoms with Crippen LogP contribution in [0.15, 0.2) is 140 Å². The summed E-state index contributed by atoms with van der Waals surface area (Å²) in [4.78, 5) is 15.5. The standard InChI is InChI=1S/C47H37N3O/c1-45(2)28-46(3,4)39-27-31(23-25-36(39)45)44-49-42(29-14-6-5-7-15-29)48-43(50-44)30-22-24-35-33(26-30)32-16-8-9-17-34(32)47(35)37-18-10-12-20-40(37)51-41-21-13-11-19-38(41)47/h5-27H,28H2,1-4H3. The molecule has 1 aromatic heterocycles. The van der Waals surface area contributed by atoms with E-state index in [9.17, 15) is 0 Å². The first kappa shape index (κ1) is 30.0. The Morgan fingerprint density at radius 1 is 0.412 bits per heavy atom. The van der Waals surface area contributed by atoms with Crippen LogP contribution in [-0.2, 0) is 16.2 Å². The third-order valence-corrected chi connectivity index (χ3v) is 11.4. The van der Waals surface area contributed by atoms with Crippen molar-refractivity contribution in [2.75, 3.05) is 0 Å². The summed E-state index contributed by atoms with van der Waals surface area (Å²) in [7, 11) is 0. The summed E-state index contributed by atoms with van der Waals surface area (Å²) in [5.74, 6) is 3.79. The molecule has 7 aromatic rings. The molecule has 0 fully saturated rings. The lowest BCUT2D eigenvalue weighted by Gasteiger charge is -2.39. The second kappa shape index (κ2) is 10.6. The normalized spacial score (nSPS) is 16.4. The Labute approximate surface area is 298 Å². The Morgan fingerprint density at radius 2 is 0.902 bits per heavy atom. The fourth-order valence-corrected chi connectivity index (χ4v) is 9.48. The van der Waals surface area contributed by atoms with Gasteiger partial charge in [-0.3, -0.25) is 0 Å². The molecule has 2 heterocycles. The number of rotatable bonds is 3. The van der Waals surface area contributed by atoms with Crippen LogP contribution in [-0.4, -0.2) is 15.0 Å². The fourth-order valence-electron chi connectivity index (χ4n) is 9.48. The van der Waals surface area contributed by atoms with Crippen molar-refractivity contribution in [1.29, 1.82) is 0 Å². The molecule has 0 bridgehead atoms. The lowest BCUT2D eigenvalue weighted by atomic mass is 9.66. The zero-order chi connectivity index (χ0) is 34.5. The number of benzene rings is 6. The highest BCUT2D eigenvalue weighted by molar-refractivity contribution is 5.90. The first-order valence-corrected chi connectivity index (χ1v) is 17.8. The van der Waals surface area contributed by atoms with E-state index >= 15 is 0 Å². The molecule has 0 radical (unpaired) electrons. The topological polar surface area (TPSA) is 47.9 Å². The zero-order valence-electron chi connectivity index (χ0n) is 29.2. The summed E-state index contributed by atoms with van der Waals surface area (Å²) < 4.78 is 6.52. The van der Waals surface area contributed by atoms with Gasteiger partial charge in [-0.05, 0) is 74.9 Å². The maximum Gasteiger partial charge on any atom is 0.164 e. The molecule has 0 atom stereocenters. The summed E-state index contributed by atoms with van der Waals surface area (Å²) in [6, 6.07) is 49.5. The Balaban J connectivity index is 1.19. The number of aromatic nitrogens is 3. The number of fused-ring (bicyclic) bond motifs is 10. The second-order valence-electron chi connectivity index (χ2n) is 15.5. The van der Waals surface area contributed by atoms with Crippen LogP contribution in [0.4, 0.5) is 0 Å². The van der Waals surface area contributed by atoms with E-state index in [-0.39, 0.29) is 10.8 Å². The minimum Gasteiger partial charge on any atom is -0.457 e. The molecule has 1 aliphatic heterocycles. The van der Waals surface area contributed by atoms with Crippen molar-refractivity contribution in [1.82, 2.24) is 15.0 Å². The summed E-state index contributed by atoms with van der Waals surface area (Å²) >= 11 is 0. The monoisotopic (exact) mass is 659 g/mol. The predicted octanol–water partition coefficient (Wildman–Crippen LogP) is 11.3. The molecule has 3 aliphatic rings. The highest BCUT2D eigenvalue weighted by Gasteiger charge is 2.51. The molecular weight excluding hydrogens is 623 g/mol. The van der Waals surface area contributed by atoms with E-state index in [1.54, 1.807) is 0 Å². The van der Waals surface area contributed by atoms with E-state index in [4.69, 9.17) is 19.7 Å². The molecule has 1 spiro atoms. The van der Waals surface area contributed by atoms with Crippen LogP contribution in [0.1, 0.15) is 67.5 Å². The van der Waals surface area contributed by atoms with Crippen molar-refractivity contribution in [2.24, 2.45) is 0 Å². The molecule has 2 aliphatic carbocycles. The van der Waals surface area contributed by atoms with E-state index < -0.39 is 5.41 Å². The van der Waals surface area contributed by atoms with Crippen molar-refractivity contribution in [3.05, 3.63) is 173 Å². The Morgan fingerprint density at radius 3 is 1.57 bits per heavy atom. The van der Waals surface area contributed by atoms with Gasteiger partial charge in [0.05, 0.1) is 5.41 Å². The lowest BCUT2D eigenvalue weighted by molar-refractivity contribution is 0.403. The van der Waals surface area contributed by atoms with Crippen molar-refractivity contribution < 1.29 is 4.74 Å². The van der Waals surface area contributed by atoms with Gasteiger partial charge < -0.3 is 4.74 Å². The van der Waals surface area contributed by atoms with Crippen LogP contribution in [0.25, 0.3) is 45.3 Å². The first-order chi connectivity index (χ1) is 24.7. The van der Waals surface area contributed by atoms with Crippen molar-refractivity contribution >= 4 is 0 Å². The molecular formula is C47H37N3O. The SMILES string of the molecule is CC1(C)CC(C)(C)c2cc(-c3nc(-c4ccccc4)nc(-c4ccc5c(c4)-c4ccccc4C54c5ccccc5Oc5ccccc54)n3)ccc21. The van der Waals surface area contributed by atoms with Gasteiger partial charge in [-0.25, -0.2) is 15.0 Å². The molecule has 4 nitrogen and oxygen atoms in total. The van der Waals surface area contributed by atoms with Crippen molar-refractivity contribution in [3.63, 3.8) is 0 Å². The van der Waals surface area contributed by atoms with E-state index in [1.807, 2.05) is 18.2 Å². The predicted molar refractivity (Wildman–Crippen MR) is 204 cm³/mol. The molecule has 246 valence electrons. The molecule has 4 heteroatoms.